The molecule has 0 unspecified atom stereocenters. The molecule has 0 aliphatic heterocycles. The number of hydrogen-bond acceptors (Lipinski definition) is 6. The summed E-state index contributed by atoms with van der Waals surface area (Å²) in [6.07, 6.45) is -5.65. The van der Waals surface area contributed by atoms with Crippen LogP contribution in [0.3, 0.4) is 0 Å². The zero-order valence-corrected chi connectivity index (χ0v) is 18.2. The number of rotatable bonds is 8. The fraction of sp³-hybridized carbons (Fsp3) is 0.261. The third kappa shape index (κ3) is 5.13. The predicted octanol–water partition coefficient (Wildman–Crippen LogP) is 3.76. The molecular formula is C23H22F3N5O3. The van der Waals surface area contributed by atoms with E-state index in [1.165, 1.54) is 11.7 Å². The van der Waals surface area contributed by atoms with Crippen LogP contribution in [0.4, 0.5) is 19.1 Å². The number of fused-ring (bicyclic) bond motifs is 1. The van der Waals surface area contributed by atoms with Crippen molar-refractivity contribution in [3.63, 3.8) is 0 Å². The number of benzene rings is 2. The van der Waals surface area contributed by atoms with Gasteiger partial charge in [-0.05, 0) is 23.3 Å². The Morgan fingerprint density at radius 3 is 2.32 bits per heavy atom. The number of nitrogens with zero attached hydrogens (tertiary/aromatic N) is 4. The summed E-state index contributed by atoms with van der Waals surface area (Å²) in [6, 6.07) is 16.1. The van der Waals surface area contributed by atoms with E-state index in [2.05, 4.69) is 9.97 Å². The van der Waals surface area contributed by atoms with Crippen LogP contribution < -0.4 is 20.9 Å². The standard InChI is InChI=1S/C23H22F3N5O3/c1-33-17-9-7-15(8-10-17)13-31-19-18(30(22(31)32)12-11-23(24,25)26)20(29-21(27)28-19)34-14-16-5-3-2-4-6-16/h2-10H,11-14H2,1H3,(H2,27,28,29). The second-order valence-corrected chi connectivity index (χ2v) is 7.57. The second-order valence-electron chi connectivity index (χ2n) is 7.57. The number of halogens is 3. The van der Waals surface area contributed by atoms with Crippen LogP contribution >= 0.6 is 0 Å². The highest BCUT2D eigenvalue weighted by Gasteiger charge is 2.29. The Morgan fingerprint density at radius 1 is 0.971 bits per heavy atom. The topological polar surface area (TPSA) is 97.2 Å². The summed E-state index contributed by atoms with van der Waals surface area (Å²) in [5.41, 5.74) is 6.90. The third-order valence-corrected chi connectivity index (χ3v) is 5.18. The zero-order chi connectivity index (χ0) is 24.3. The smallest absolute Gasteiger partial charge is 0.390 e. The van der Waals surface area contributed by atoms with Crippen molar-refractivity contribution >= 4 is 17.1 Å². The largest absolute Gasteiger partial charge is 0.497 e. The Kier molecular flexibility index (Phi) is 6.44. The van der Waals surface area contributed by atoms with Crippen LogP contribution in [0.5, 0.6) is 11.6 Å². The fourth-order valence-electron chi connectivity index (χ4n) is 3.52. The molecule has 0 aliphatic rings. The van der Waals surface area contributed by atoms with E-state index < -0.39 is 24.8 Å². The molecule has 11 heteroatoms. The molecule has 178 valence electrons. The maximum atomic E-state index is 13.2. The van der Waals surface area contributed by atoms with Crippen LogP contribution in [0.1, 0.15) is 17.5 Å². The van der Waals surface area contributed by atoms with Gasteiger partial charge >= 0.3 is 11.9 Å². The van der Waals surface area contributed by atoms with E-state index in [-0.39, 0.29) is 36.1 Å². The molecule has 2 heterocycles. The van der Waals surface area contributed by atoms with E-state index >= 15 is 0 Å². The minimum Gasteiger partial charge on any atom is -0.497 e. The van der Waals surface area contributed by atoms with Crippen molar-refractivity contribution in [1.82, 2.24) is 19.1 Å². The molecule has 2 aromatic carbocycles. The molecule has 0 saturated carbocycles. The van der Waals surface area contributed by atoms with Crippen LogP contribution in [0.15, 0.2) is 59.4 Å². The van der Waals surface area contributed by atoms with Gasteiger partial charge in [-0.25, -0.2) is 4.79 Å². The number of methoxy groups -OCH3 is 1. The number of alkyl halides is 3. The minimum atomic E-state index is -4.45. The van der Waals surface area contributed by atoms with E-state index in [1.807, 2.05) is 30.3 Å². The molecule has 4 rings (SSSR count). The zero-order valence-electron chi connectivity index (χ0n) is 18.2. The third-order valence-electron chi connectivity index (χ3n) is 5.18. The average molecular weight is 473 g/mol. The first-order valence-corrected chi connectivity index (χ1v) is 10.4. The molecule has 2 N–H and O–H groups in total. The number of aromatic nitrogens is 4. The van der Waals surface area contributed by atoms with Crippen LogP contribution in [0, 0.1) is 0 Å². The van der Waals surface area contributed by atoms with Crippen LogP contribution in [0.25, 0.3) is 11.2 Å². The molecule has 0 spiro atoms. The van der Waals surface area contributed by atoms with Gasteiger partial charge in [0.25, 0.3) is 0 Å². The summed E-state index contributed by atoms with van der Waals surface area (Å²) < 4.78 is 52.3. The Balaban J connectivity index is 1.80. The molecule has 34 heavy (non-hydrogen) atoms. The highest BCUT2D eigenvalue weighted by molar-refractivity contribution is 5.78. The summed E-state index contributed by atoms with van der Waals surface area (Å²) in [5, 5.41) is 0. The lowest BCUT2D eigenvalue weighted by Crippen LogP contribution is -2.26. The first kappa shape index (κ1) is 23.1. The molecule has 4 aromatic rings. The normalized spacial score (nSPS) is 11.6. The van der Waals surface area contributed by atoms with E-state index in [0.29, 0.717) is 5.75 Å². The molecular weight excluding hydrogens is 451 g/mol. The predicted molar refractivity (Wildman–Crippen MR) is 120 cm³/mol. The molecule has 0 amide bonds. The Labute approximate surface area is 192 Å². The Morgan fingerprint density at radius 2 is 1.68 bits per heavy atom. The second kappa shape index (κ2) is 9.46. The van der Waals surface area contributed by atoms with Crippen molar-refractivity contribution in [3.8, 4) is 11.6 Å². The molecule has 8 nitrogen and oxygen atoms in total. The summed E-state index contributed by atoms with van der Waals surface area (Å²) in [6.45, 7) is -0.458. The van der Waals surface area contributed by atoms with Crippen molar-refractivity contribution in [1.29, 1.82) is 0 Å². The molecule has 0 atom stereocenters. The molecule has 0 saturated heterocycles. The average Bonchev–Trinajstić information content (AvgIpc) is 3.07. The lowest BCUT2D eigenvalue weighted by atomic mass is 10.2. The van der Waals surface area contributed by atoms with Gasteiger partial charge in [-0.3, -0.25) is 9.13 Å². The number of aryl methyl sites for hydroxylation is 1. The van der Waals surface area contributed by atoms with Gasteiger partial charge in [0.15, 0.2) is 11.2 Å². The number of anilines is 1. The van der Waals surface area contributed by atoms with Crippen LogP contribution in [-0.2, 0) is 19.7 Å². The Bertz CT molecular complexity index is 1330. The monoisotopic (exact) mass is 473 g/mol. The number of imidazole rings is 1. The maximum Gasteiger partial charge on any atom is 0.390 e. The van der Waals surface area contributed by atoms with E-state index in [4.69, 9.17) is 15.2 Å². The van der Waals surface area contributed by atoms with E-state index in [1.54, 1.807) is 24.3 Å². The first-order valence-electron chi connectivity index (χ1n) is 10.4. The van der Waals surface area contributed by atoms with Crippen molar-refractivity contribution in [2.45, 2.75) is 32.3 Å². The fourth-order valence-corrected chi connectivity index (χ4v) is 3.52. The van der Waals surface area contributed by atoms with Crippen molar-refractivity contribution in [2.24, 2.45) is 0 Å². The maximum absolute atomic E-state index is 13.2. The van der Waals surface area contributed by atoms with Crippen molar-refractivity contribution in [3.05, 3.63) is 76.2 Å². The number of nitrogens with two attached hydrogens (primary N) is 1. The molecule has 0 bridgehead atoms. The highest BCUT2D eigenvalue weighted by Crippen LogP contribution is 2.27. The van der Waals surface area contributed by atoms with Gasteiger partial charge in [-0.1, -0.05) is 42.5 Å². The molecule has 2 aromatic heterocycles. The quantitative estimate of drug-likeness (QED) is 0.419. The first-order chi connectivity index (χ1) is 16.2. The lowest BCUT2D eigenvalue weighted by Gasteiger charge is -2.10. The summed E-state index contributed by atoms with van der Waals surface area (Å²) in [7, 11) is 1.53. The van der Waals surface area contributed by atoms with Crippen LogP contribution in [-0.4, -0.2) is 32.4 Å². The number of ether oxygens (including phenoxy) is 2. The van der Waals surface area contributed by atoms with Gasteiger partial charge < -0.3 is 15.2 Å². The summed E-state index contributed by atoms with van der Waals surface area (Å²) >= 11 is 0. The minimum absolute atomic E-state index is 0.0564. The van der Waals surface area contributed by atoms with Gasteiger partial charge in [-0.2, -0.15) is 23.1 Å². The number of hydrogen-bond donors (Lipinski definition) is 1. The highest BCUT2D eigenvalue weighted by atomic mass is 19.4. The SMILES string of the molecule is COc1ccc(Cn2c(=O)n(CCC(F)(F)F)c3c(OCc4ccccc4)nc(N)nc32)cc1. The molecule has 0 aliphatic carbocycles. The number of nitrogen functional groups attached to an aromatic ring is 1. The van der Waals surface area contributed by atoms with E-state index in [9.17, 15) is 18.0 Å². The van der Waals surface area contributed by atoms with Gasteiger partial charge in [0.05, 0.1) is 20.1 Å². The Hall–Kier alpha value is -4.02. The molecule has 0 fully saturated rings. The van der Waals surface area contributed by atoms with Crippen LogP contribution in [0.2, 0.25) is 0 Å². The van der Waals surface area contributed by atoms with Crippen molar-refractivity contribution < 1.29 is 22.6 Å². The van der Waals surface area contributed by atoms with Crippen molar-refractivity contribution in [2.75, 3.05) is 12.8 Å². The van der Waals surface area contributed by atoms with Gasteiger partial charge in [0, 0.05) is 6.54 Å². The summed E-state index contributed by atoms with van der Waals surface area (Å²) in [4.78, 5) is 21.5. The van der Waals surface area contributed by atoms with Gasteiger partial charge in [0.2, 0.25) is 11.8 Å². The molecule has 0 radical (unpaired) electrons. The van der Waals surface area contributed by atoms with E-state index in [0.717, 1.165) is 15.7 Å². The lowest BCUT2D eigenvalue weighted by molar-refractivity contribution is -0.136. The summed E-state index contributed by atoms with van der Waals surface area (Å²) in [5.74, 6) is 0.415. The van der Waals surface area contributed by atoms with Gasteiger partial charge in [-0.15, -0.1) is 0 Å². The van der Waals surface area contributed by atoms with Gasteiger partial charge in [0.1, 0.15) is 12.4 Å².